The van der Waals surface area contributed by atoms with E-state index < -0.39 is 0 Å². The maximum absolute atomic E-state index is 2.20. The molecule has 112 valence electrons. The van der Waals surface area contributed by atoms with E-state index in [1.807, 2.05) is 0 Å². The fourth-order valence-electron chi connectivity index (χ4n) is 2.48. The van der Waals surface area contributed by atoms with Crippen molar-refractivity contribution in [2.75, 3.05) is 0 Å². The van der Waals surface area contributed by atoms with Gasteiger partial charge in [0.2, 0.25) is 0 Å². The topological polar surface area (TPSA) is 0 Å². The molecule has 0 fully saturated rings. The van der Waals surface area contributed by atoms with Crippen molar-refractivity contribution in [2.45, 2.75) is 34.6 Å². The van der Waals surface area contributed by atoms with Crippen molar-refractivity contribution in [1.29, 1.82) is 0 Å². The average molecular weight is 306 g/mol. The normalized spacial score (nSPS) is 9.85. The Labute approximate surface area is 133 Å². The van der Waals surface area contributed by atoms with Gasteiger partial charge in [-0.2, -0.15) is 27.8 Å². The Bertz CT molecular complexity index is 573. The molecule has 0 aliphatic heterocycles. The van der Waals surface area contributed by atoms with Crippen LogP contribution in [0.3, 0.4) is 0 Å². The van der Waals surface area contributed by atoms with Crippen molar-refractivity contribution in [2.24, 2.45) is 0 Å². The van der Waals surface area contributed by atoms with Crippen LogP contribution in [-0.4, -0.2) is 0 Å². The van der Waals surface area contributed by atoms with E-state index in [9.17, 15) is 0 Å². The molecule has 0 heterocycles. The van der Waals surface area contributed by atoms with Crippen LogP contribution >= 0.6 is 0 Å². The molecule has 3 aromatic carbocycles. The number of fused-ring (bicyclic) bond motifs is 1. The first-order valence-corrected chi connectivity index (χ1v) is 6.82. The summed E-state index contributed by atoms with van der Waals surface area (Å²) in [6, 6.07) is 14.7. The Hall–Kier alpha value is -1.30. The first-order chi connectivity index (χ1) is 9.02. The van der Waals surface area contributed by atoms with Crippen molar-refractivity contribution in [3.63, 3.8) is 0 Å². The van der Waals surface area contributed by atoms with Gasteiger partial charge in [-0.15, -0.1) is 0 Å². The molecule has 0 radical (unpaired) electrons. The van der Waals surface area contributed by atoms with Crippen LogP contribution in [0.4, 0.5) is 0 Å². The average Bonchev–Trinajstić information content (AvgIpc) is 2.97. The monoisotopic (exact) mass is 306 g/mol. The molecule has 0 N–H and O–H groups in total. The third kappa shape index (κ3) is 3.23. The zero-order chi connectivity index (χ0) is 14.0. The van der Waals surface area contributed by atoms with Gasteiger partial charge in [-0.1, -0.05) is 34.6 Å². The molecule has 0 aliphatic rings. The molecule has 1 heteroatoms. The number of hydrogen-bond acceptors (Lipinski definition) is 0. The molecule has 20 heavy (non-hydrogen) atoms. The van der Waals surface area contributed by atoms with Crippen LogP contribution in [0.25, 0.3) is 10.8 Å². The summed E-state index contributed by atoms with van der Waals surface area (Å²) in [4.78, 5) is 0. The van der Waals surface area contributed by atoms with Crippen LogP contribution in [-0.2, 0) is 17.1 Å². The van der Waals surface area contributed by atoms with Crippen LogP contribution in [0, 0.1) is 34.6 Å². The molecule has 3 rings (SSSR count). The van der Waals surface area contributed by atoms with Gasteiger partial charge in [0, 0.05) is 17.1 Å². The van der Waals surface area contributed by atoms with E-state index in [0.29, 0.717) is 0 Å². The standard InChI is InChI=1S/C10H15.C9H7.Fe/c1-6-7(2)9(4)10(5)8(6)3;1-2-5-9-7-3-6-8(9)4-1;/h1-5H3;1-7H;/q-1;-5;. The van der Waals surface area contributed by atoms with Gasteiger partial charge in [0.15, 0.2) is 0 Å². The fourth-order valence-corrected chi connectivity index (χ4v) is 2.48. The predicted octanol–water partition coefficient (Wildman–Crippen LogP) is 5.50. The first kappa shape index (κ1) is 16.8. The summed E-state index contributed by atoms with van der Waals surface area (Å²) in [7, 11) is 0. The molecule has 0 amide bonds. The van der Waals surface area contributed by atoms with Crippen LogP contribution < -0.4 is 0 Å². The Morgan fingerprint density at radius 1 is 0.800 bits per heavy atom. The maximum Gasteiger partial charge on any atom is 0 e. The van der Waals surface area contributed by atoms with E-state index in [4.69, 9.17) is 0 Å². The minimum Gasteiger partial charge on any atom is -0.642 e. The predicted molar refractivity (Wildman–Crippen MR) is 85.3 cm³/mol. The first-order valence-electron chi connectivity index (χ1n) is 6.82. The summed E-state index contributed by atoms with van der Waals surface area (Å²) < 4.78 is 0. The van der Waals surface area contributed by atoms with Crippen LogP contribution in [0.5, 0.6) is 0 Å². The van der Waals surface area contributed by atoms with Crippen LogP contribution in [0.15, 0.2) is 42.5 Å². The summed E-state index contributed by atoms with van der Waals surface area (Å²) in [5.41, 5.74) is 7.34. The second kappa shape index (κ2) is 6.92. The second-order valence-electron chi connectivity index (χ2n) is 5.28. The van der Waals surface area contributed by atoms with Gasteiger partial charge in [-0.05, 0) is 0 Å². The zero-order valence-corrected chi connectivity index (χ0v) is 14.0. The van der Waals surface area contributed by atoms with Crippen LogP contribution in [0.2, 0.25) is 0 Å². The molecule has 0 bridgehead atoms. The van der Waals surface area contributed by atoms with Gasteiger partial charge in [-0.25, -0.2) is 0 Å². The third-order valence-electron chi connectivity index (χ3n) is 4.36. The Kier molecular flexibility index (Phi) is 5.80. The Balaban J connectivity index is 0.000000191. The summed E-state index contributed by atoms with van der Waals surface area (Å²) in [6.45, 7) is 11.0. The molecule has 0 unspecified atom stereocenters. The van der Waals surface area contributed by atoms with E-state index >= 15 is 0 Å². The quantitative estimate of drug-likeness (QED) is 0.380. The zero-order valence-electron chi connectivity index (χ0n) is 12.9. The molecule has 0 saturated carbocycles. The van der Waals surface area contributed by atoms with E-state index in [0.717, 1.165) is 0 Å². The summed E-state index contributed by atoms with van der Waals surface area (Å²) in [5, 5.41) is 2.66. The molecular formula is C19H22Fe-6. The van der Waals surface area contributed by atoms with Gasteiger partial charge in [-0.3, -0.25) is 0 Å². The minimum absolute atomic E-state index is 0. The fraction of sp³-hybridized carbons (Fsp3) is 0.263. The molecule has 0 saturated heterocycles. The molecular weight excluding hydrogens is 284 g/mol. The van der Waals surface area contributed by atoms with Gasteiger partial charge in [0.1, 0.15) is 0 Å². The molecule has 0 aliphatic carbocycles. The molecule has 0 spiro atoms. The van der Waals surface area contributed by atoms with E-state index in [2.05, 4.69) is 77.1 Å². The summed E-state index contributed by atoms with van der Waals surface area (Å²) in [6.07, 6.45) is 0. The van der Waals surface area contributed by atoms with Gasteiger partial charge >= 0.3 is 0 Å². The SMILES string of the molecule is Cc1c(C)c(C)[c-](C)c1C.[Fe].c1cc[c-]2[cH-][cH-][cH-][c-]2c1. The van der Waals surface area contributed by atoms with Crippen molar-refractivity contribution in [3.8, 4) is 0 Å². The molecule has 0 nitrogen and oxygen atoms in total. The van der Waals surface area contributed by atoms with Gasteiger partial charge in [0.05, 0.1) is 0 Å². The van der Waals surface area contributed by atoms with E-state index in [-0.39, 0.29) is 17.1 Å². The Morgan fingerprint density at radius 3 is 1.50 bits per heavy atom. The van der Waals surface area contributed by atoms with Crippen molar-refractivity contribution < 1.29 is 17.1 Å². The smallest absolute Gasteiger partial charge is 0 e. The summed E-state index contributed by atoms with van der Waals surface area (Å²) in [5.74, 6) is 0. The molecule has 0 aromatic heterocycles. The van der Waals surface area contributed by atoms with Crippen molar-refractivity contribution in [3.05, 3.63) is 70.3 Å². The van der Waals surface area contributed by atoms with Crippen molar-refractivity contribution >= 4 is 10.8 Å². The third-order valence-corrected chi connectivity index (χ3v) is 4.36. The minimum atomic E-state index is 0. The molecule has 0 atom stereocenters. The van der Waals surface area contributed by atoms with Gasteiger partial charge < -0.3 is 53.2 Å². The number of rotatable bonds is 0. The largest absolute Gasteiger partial charge is 0.642 e. The van der Waals surface area contributed by atoms with Crippen molar-refractivity contribution in [1.82, 2.24) is 0 Å². The molecule has 3 aromatic rings. The van der Waals surface area contributed by atoms with Gasteiger partial charge in [0.25, 0.3) is 0 Å². The maximum atomic E-state index is 2.20. The second-order valence-corrected chi connectivity index (χ2v) is 5.28. The van der Waals surface area contributed by atoms with Crippen LogP contribution in [0.1, 0.15) is 27.8 Å². The number of benzene rings is 1. The van der Waals surface area contributed by atoms with E-state index in [1.54, 1.807) is 0 Å². The van der Waals surface area contributed by atoms with E-state index in [1.165, 1.54) is 38.6 Å². The Morgan fingerprint density at radius 2 is 1.20 bits per heavy atom. The number of hydrogen-bond donors (Lipinski definition) is 0. The summed E-state index contributed by atoms with van der Waals surface area (Å²) >= 11 is 0.